The van der Waals surface area contributed by atoms with Crippen molar-refractivity contribution in [2.24, 2.45) is 0 Å². The fourth-order valence-electron chi connectivity index (χ4n) is 2.87. The summed E-state index contributed by atoms with van der Waals surface area (Å²) >= 11 is 0. The number of carboxylic acid groups (broad SMARTS) is 4. The van der Waals surface area contributed by atoms with Crippen LogP contribution >= 0.6 is 0 Å². The number of hydrogen-bond donors (Lipinski definition) is 4. The number of aromatic carboxylic acids is 4. The highest BCUT2D eigenvalue weighted by Crippen LogP contribution is 2.34. The number of hydrogen-bond acceptors (Lipinski definition) is 5. The Kier molecular flexibility index (Phi) is 5.63. The zero-order valence-corrected chi connectivity index (χ0v) is 14.9. The van der Waals surface area contributed by atoms with Crippen molar-refractivity contribution in [3.05, 3.63) is 70.3 Å². The van der Waals surface area contributed by atoms with E-state index in [1.807, 2.05) is 0 Å². The van der Waals surface area contributed by atoms with E-state index in [9.17, 15) is 44.4 Å². The van der Waals surface area contributed by atoms with E-state index in [0.29, 0.717) is 0 Å². The lowest BCUT2D eigenvalue weighted by Gasteiger charge is -2.17. The van der Waals surface area contributed by atoms with Gasteiger partial charge in [0.25, 0.3) is 0 Å². The first-order valence-corrected chi connectivity index (χ1v) is 7.92. The monoisotopic (exact) mass is 398 g/mol. The highest BCUT2D eigenvalue weighted by molar-refractivity contribution is 6.18. The Morgan fingerprint density at radius 1 is 0.690 bits per heavy atom. The van der Waals surface area contributed by atoms with E-state index in [1.165, 1.54) is 31.2 Å². The van der Waals surface area contributed by atoms with E-state index >= 15 is 0 Å². The molecule has 0 aliphatic heterocycles. The molecule has 4 N–H and O–H groups in total. The molecule has 0 spiro atoms. The number of carbonyl (C=O) groups excluding carboxylic acids is 1. The van der Waals surface area contributed by atoms with Gasteiger partial charge in [-0.3, -0.25) is 4.79 Å². The highest BCUT2D eigenvalue weighted by atomic mass is 16.4. The van der Waals surface area contributed by atoms with Crippen LogP contribution in [0.1, 0.15) is 58.7 Å². The molecule has 0 aliphatic carbocycles. The van der Waals surface area contributed by atoms with Crippen molar-refractivity contribution >= 4 is 29.7 Å². The van der Waals surface area contributed by atoms with Gasteiger partial charge in [-0.15, -0.1) is 0 Å². The van der Waals surface area contributed by atoms with Gasteiger partial charge in [0.1, 0.15) is 0 Å². The Morgan fingerprint density at radius 2 is 1.21 bits per heavy atom. The molecule has 2 aromatic rings. The Hall–Kier alpha value is -4.27. The molecule has 0 atom stereocenters. The summed E-state index contributed by atoms with van der Waals surface area (Å²) in [6.07, 6.45) is 0. The smallest absolute Gasteiger partial charge is 0.337 e. The Labute approximate surface area is 163 Å². The van der Waals surface area contributed by atoms with E-state index in [0.717, 1.165) is 6.07 Å². The minimum atomic E-state index is -1.94. The normalized spacial score (nSPS) is 10.2. The predicted octanol–water partition coefficient (Wildman–Crippen LogP) is 2.91. The zero-order valence-electron chi connectivity index (χ0n) is 14.9. The average molecular weight is 398 g/mol. The molecule has 0 heterocycles. The van der Waals surface area contributed by atoms with E-state index in [4.69, 9.17) is 0 Å². The second-order valence-corrected chi connectivity index (χ2v) is 5.97. The van der Waals surface area contributed by atoms with Crippen LogP contribution in [0, 0.1) is 0 Å². The largest absolute Gasteiger partial charge is 0.478 e. The molecule has 2 rings (SSSR count). The first kappa shape index (κ1) is 21.0. The molecule has 0 aromatic heterocycles. The molecule has 0 saturated heterocycles. The minimum absolute atomic E-state index is 0.0433. The maximum atomic E-state index is 12.5. The van der Waals surface area contributed by atoms with Gasteiger partial charge in [-0.25, -0.2) is 19.2 Å². The highest BCUT2D eigenvalue weighted by Gasteiger charge is 2.33. The lowest BCUT2D eigenvalue weighted by Crippen LogP contribution is -2.21. The average Bonchev–Trinajstić information content (AvgIpc) is 2.64. The molecule has 0 saturated carbocycles. The SMILES string of the molecule is C=C(C)C(=O)c1ccccc1-c1cc(C(=O)O)c(C(=O)O)c(C(=O)O)c1C(=O)O. The molecule has 0 aliphatic rings. The van der Waals surface area contributed by atoms with Gasteiger partial charge in [-0.05, 0) is 29.7 Å². The Bertz CT molecular complexity index is 1110. The summed E-state index contributed by atoms with van der Waals surface area (Å²) in [7, 11) is 0. The molecule has 0 amide bonds. The van der Waals surface area contributed by atoms with Gasteiger partial charge in [-0.2, -0.15) is 0 Å². The summed E-state index contributed by atoms with van der Waals surface area (Å²) in [5.74, 6) is -8.00. The molecule has 2 aromatic carbocycles. The third-order valence-corrected chi connectivity index (χ3v) is 4.05. The van der Waals surface area contributed by atoms with Crippen molar-refractivity contribution < 1.29 is 44.4 Å². The molecule has 0 fully saturated rings. The molecule has 9 heteroatoms. The van der Waals surface area contributed by atoms with E-state index < -0.39 is 57.5 Å². The second kappa shape index (κ2) is 7.77. The van der Waals surface area contributed by atoms with Gasteiger partial charge in [0.2, 0.25) is 0 Å². The summed E-state index contributed by atoms with van der Waals surface area (Å²) in [5.41, 5.74) is -4.66. The lowest BCUT2D eigenvalue weighted by atomic mass is 9.85. The van der Waals surface area contributed by atoms with Crippen LogP contribution in [0.2, 0.25) is 0 Å². The third-order valence-electron chi connectivity index (χ3n) is 4.05. The van der Waals surface area contributed by atoms with Crippen LogP contribution in [0.5, 0.6) is 0 Å². The van der Waals surface area contributed by atoms with Crippen LogP contribution in [0.3, 0.4) is 0 Å². The topological polar surface area (TPSA) is 166 Å². The van der Waals surface area contributed by atoms with Crippen LogP contribution in [-0.2, 0) is 0 Å². The molecular weight excluding hydrogens is 384 g/mol. The van der Waals surface area contributed by atoms with Gasteiger partial charge >= 0.3 is 23.9 Å². The van der Waals surface area contributed by atoms with Gasteiger partial charge in [0.15, 0.2) is 5.78 Å². The minimum Gasteiger partial charge on any atom is -0.478 e. The van der Waals surface area contributed by atoms with Crippen molar-refractivity contribution in [1.29, 1.82) is 0 Å². The summed E-state index contributed by atoms with van der Waals surface area (Å²) in [6, 6.07) is 6.29. The lowest BCUT2D eigenvalue weighted by molar-refractivity contribution is 0.0620. The van der Waals surface area contributed by atoms with Crippen molar-refractivity contribution in [2.45, 2.75) is 6.92 Å². The van der Waals surface area contributed by atoms with Gasteiger partial charge in [0.05, 0.1) is 22.3 Å². The number of allylic oxidation sites excluding steroid dienone is 1. The van der Waals surface area contributed by atoms with E-state index in [2.05, 4.69) is 6.58 Å². The second-order valence-electron chi connectivity index (χ2n) is 5.97. The van der Waals surface area contributed by atoms with Gasteiger partial charge in [0, 0.05) is 5.56 Å². The number of carbonyl (C=O) groups is 5. The third kappa shape index (κ3) is 3.74. The van der Waals surface area contributed by atoms with Crippen LogP contribution in [0.15, 0.2) is 42.5 Å². The summed E-state index contributed by atoms with van der Waals surface area (Å²) in [5, 5.41) is 37.9. The summed E-state index contributed by atoms with van der Waals surface area (Å²) in [4.78, 5) is 59.2. The van der Waals surface area contributed by atoms with Crippen LogP contribution in [0.25, 0.3) is 11.1 Å². The molecular formula is C20H14O9. The maximum Gasteiger partial charge on any atom is 0.337 e. The Morgan fingerprint density at radius 3 is 1.66 bits per heavy atom. The molecule has 148 valence electrons. The fourth-order valence-corrected chi connectivity index (χ4v) is 2.87. The summed E-state index contributed by atoms with van der Waals surface area (Å²) in [6.45, 7) is 4.93. The number of benzene rings is 2. The fraction of sp³-hybridized carbons (Fsp3) is 0.0500. The van der Waals surface area contributed by atoms with Crippen molar-refractivity contribution in [3.8, 4) is 11.1 Å². The van der Waals surface area contributed by atoms with Crippen LogP contribution in [-0.4, -0.2) is 50.1 Å². The van der Waals surface area contributed by atoms with Crippen molar-refractivity contribution in [2.75, 3.05) is 0 Å². The zero-order chi connectivity index (χ0) is 22.0. The molecule has 0 bridgehead atoms. The van der Waals surface area contributed by atoms with Gasteiger partial charge in [-0.1, -0.05) is 30.8 Å². The van der Waals surface area contributed by atoms with Crippen LogP contribution < -0.4 is 0 Å². The van der Waals surface area contributed by atoms with E-state index in [-0.39, 0.29) is 16.7 Å². The summed E-state index contributed by atoms with van der Waals surface area (Å²) < 4.78 is 0. The quantitative estimate of drug-likeness (QED) is 0.405. The Balaban J connectivity index is 3.13. The molecule has 29 heavy (non-hydrogen) atoms. The molecule has 0 radical (unpaired) electrons. The molecule has 0 unspecified atom stereocenters. The number of rotatable bonds is 7. The van der Waals surface area contributed by atoms with Crippen LogP contribution in [0.4, 0.5) is 0 Å². The number of ketones is 1. The predicted molar refractivity (Wildman–Crippen MR) is 98.9 cm³/mol. The van der Waals surface area contributed by atoms with Gasteiger partial charge < -0.3 is 20.4 Å². The maximum absolute atomic E-state index is 12.5. The van der Waals surface area contributed by atoms with E-state index in [1.54, 1.807) is 0 Å². The van der Waals surface area contributed by atoms with Crippen molar-refractivity contribution in [3.63, 3.8) is 0 Å². The van der Waals surface area contributed by atoms with Crippen molar-refractivity contribution in [1.82, 2.24) is 0 Å². The number of Topliss-reactive ketones (excluding diaryl/α,β-unsaturated/α-hetero) is 1. The first-order chi connectivity index (χ1) is 13.5. The first-order valence-electron chi connectivity index (χ1n) is 7.92. The molecule has 9 nitrogen and oxygen atoms in total. The number of carboxylic acids is 4. The standard InChI is InChI=1S/C20H14O9/c1-8(2)16(21)10-6-4-3-5-9(10)11-7-12(17(22)23)14(19(26)27)15(20(28)29)13(11)18(24)25/h3-7H,1H2,2H3,(H,22,23)(H,24,25)(H,26,27)(H,28,29).